The minimum absolute atomic E-state index is 0.221. The predicted molar refractivity (Wildman–Crippen MR) is 73.3 cm³/mol. The Balaban J connectivity index is 1.94. The minimum atomic E-state index is -0.243. The first-order chi connectivity index (χ1) is 9.19. The topological polar surface area (TPSA) is 55.6 Å². The molecule has 0 spiro atoms. The summed E-state index contributed by atoms with van der Waals surface area (Å²) in [5.74, 6) is 0.637. The van der Waals surface area contributed by atoms with Crippen molar-refractivity contribution in [3.05, 3.63) is 35.2 Å². The molecular weight excluding hydrogens is 264 g/mol. The Hall–Kier alpha value is -1.82. The molecule has 0 unspecified atom stereocenters. The third-order valence-corrected chi connectivity index (χ3v) is 3.47. The number of rotatable bonds is 6. The summed E-state index contributed by atoms with van der Waals surface area (Å²) in [6, 6.07) is 3.78. The Kier molecular flexibility index (Phi) is 4.57. The van der Waals surface area contributed by atoms with Crippen molar-refractivity contribution in [2.45, 2.75) is 19.9 Å². The summed E-state index contributed by atoms with van der Waals surface area (Å²) in [7, 11) is 1.94. The summed E-state index contributed by atoms with van der Waals surface area (Å²) in [5, 5.41) is 2.74. The first kappa shape index (κ1) is 13.6. The second-order valence-corrected chi connectivity index (χ2v) is 4.88. The summed E-state index contributed by atoms with van der Waals surface area (Å²) in [6.45, 7) is 2.84. The summed E-state index contributed by atoms with van der Waals surface area (Å²) >= 11 is 1.50. The van der Waals surface area contributed by atoms with E-state index in [2.05, 4.69) is 4.98 Å². The van der Waals surface area contributed by atoms with E-state index in [0.29, 0.717) is 13.2 Å². The quantitative estimate of drug-likeness (QED) is 0.761. The number of hydrogen-bond acceptors (Lipinski definition) is 6. The molecule has 0 amide bonds. The zero-order chi connectivity index (χ0) is 13.7. The lowest BCUT2D eigenvalue weighted by molar-refractivity contribution is -0.142. The summed E-state index contributed by atoms with van der Waals surface area (Å²) in [4.78, 5) is 17.8. The van der Waals surface area contributed by atoms with Crippen LogP contribution in [0.3, 0.4) is 0 Å². The first-order valence-electron chi connectivity index (χ1n) is 6.02. The van der Waals surface area contributed by atoms with E-state index in [4.69, 9.17) is 9.15 Å². The zero-order valence-corrected chi connectivity index (χ0v) is 11.8. The number of aromatic nitrogens is 1. The van der Waals surface area contributed by atoms with Crippen LogP contribution in [0, 0.1) is 0 Å². The molecule has 5 nitrogen and oxygen atoms in total. The van der Waals surface area contributed by atoms with Crippen molar-refractivity contribution in [1.29, 1.82) is 0 Å². The second-order valence-electron chi connectivity index (χ2n) is 4.04. The summed E-state index contributed by atoms with van der Waals surface area (Å²) in [6.07, 6.45) is 1.87. The lowest BCUT2D eigenvalue weighted by Gasteiger charge is -2.13. The molecule has 2 aromatic rings. The number of carbonyl (C=O) groups excluding carboxylic acids is 1. The Morgan fingerprint density at radius 3 is 3.11 bits per heavy atom. The fraction of sp³-hybridized carbons (Fsp3) is 0.385. The highest BCUT2D eigenvalue weighted by molar-refractivity contribution is 7.13. The van der Waals surface area contributed by atoms with Gasteiger partial charge in [0.15, 0.2) is 5.13 Å². The number of carbonyl (C=O) groups is 1. The van der Waals surface area contributed by atoms with Gasteiger partial charge in [-0.3, -0.25) is 4.79 Å². The van der Waals surface area contributed by atoms with Gasteiger partial charge in [0.25, 0.3) is 0 Å². The average Bonchev–Trinajstić information content (AvgIpc) is 3.00. The maximum absolute atomic E-state index is 11.4. The number of thiazole rings is 1. The zero-order valence-electron chi connectivity index (χ0n) is 11.0. The highest BCUT2D eigenvalue weighted by atomic mass is 32.1. The van der Waals surface area contributed by atoms with Crippen LogP contribution in [-0.4, -0.2) is 24.6 Å². The molecule has 0 saturated heterocycles. The molecule has 6 heteroatoms. The van der Waals surface area contributed by atoms with Crippen molar-refractivity contribution in [2.24, 2.45) is 0 Å². The van der Waals surface area contributed by atoms with Crippen molar-refractivity contribution >= 4 is 22.4 Å². The SMILES string of the molecule is CCOC(=O)Cc1csc(N(C)Cc2ccco2)n1. The largest absolute Gasteiger partial charge is 0.467 e. The van der Waals surface area contributed by atoms with Gasteiger partial charge in [-0.05, 0) is 19.1 Å². The fourth-order valence-corrected chi connectivity index (χ4v) is 2.41. The van der Waals surface area contributed by atoms with Crippen molar-refractivity contribution in [3.63, 3.8) is 0 Å². The van der Waals surface area contributed by atoms with Crippen LogP contribution in [-0.2, 0) is 22.5 Å². The number of nitrogens with zero attached hydrogens (tertiary/aromatic N) is 2. The first-order valence-corrected chi connectivity index (χ1v) is 6.90. The number of furan rings is 1. The van der Waals surface area contributed by atoms with Crippen LogP contribution < -0.4 is 4.90 Å². The lowest BCUT2D eigenvalue weighted by Crippen LogP contribution is -2.16. The van der Waals surface area contributed by atoms with Gasteiger partial charge in [-0.1, -0.05) is 0 Å². The van der Waals surface area contributed by atoms with Crippen LogP contribution in [0.2, 0.25) is 0 Å². The average molecular weight is 280 g/mol. The summed E-state index contributed by atoms with van der Waals surface area (Å²) < 4.78 is 10.2. The third kappa shape index (κ3) is 3.82. The van der Waals surface area contributed by atoms with Gasteiger partial charge in [0.1, 0.15) is 5.76 Å². The van der Waals surface area contributed by atoms with E-state index in [1.165, 1.54) is 11.3 Å². The van der Waals surface area contributed by atoms with E-state index >= 15 is 0 Å². The van der Waals surface area contributed by atoms with Gasteiger partial charge in [-0.15, -0.1) is 11.3 Å². The third-order valence-electron chi connectivity index (χ3n) is 2.47. The molecule has 0 radical (unpaired) electrons. The van der Waals surface area contributed by atoms with Crippen LogP contribution in [0.4, 0.5) is 5.13 Å². The van der Waals surface area contributed by atoms with Crippen molar-refractivity contribution in [2.75, 3.05) is 18.6 Å². The highest BCUT2D eigenvalue weighted by Gasteiger charge is 2.11. The molecule has 19 heavy (non-hydrogen) atoms. The van der Waals surface area contributed by atoms with E-state index in [9.17, 15) is 4.79 Å². The van der Waals surface area contributed by atoms with Gasteiger partial charge < -0.3 is 14.1 Å². The smallest absolute Gasteiger partial charge is 0.311 e. The van der Waals surface area contributed by atoms with Gasteiger partial charge in [-0.25, -0.2) is 4.98 Å². The maximum Gasteiger partial charge on any atom is 0.311 e. The van der Waals surface area contributed by atoms with Crippen molar-refractivity contribution in [3.8, 4) is 0 Å². The Morgan fingerprint density at radius 2 is 2.42 bits per heavy atom. The van der Waals surface area contributed by atoms with Gasteiger partial charge in [0.2, 0.25) is 0 Å². The van der Waals surface area contributed by atoms with E-state index in [-0.39, 0.29) is 12.4 Å². The van der Waals surface area contributed by atoms with E-state index < -0.39 is 0 Å². The molecule has 0 aliphatic rings. The van der Waals surface area contributed by atoms with E-state index in [1.807, 2.05) is 29.5 Å². The number of hydrogen-bond donors (Lipinski definition) is 0. The molecule has 2 heterocycles. The molecule has 0 fully saturated rings. The molecule has 0 saturated carbocycles. The molecule has 0 aliphatic heterocycles. The summed E-state index contributed by atoms with van der Waals surface area (Å²) in [5.41, 5.74) is 0.741. The van der Waals surface area contributed by atoms with E-state index in [0.717, 1.165) is 16.6 Å². The fourth-order valence-electron chi connectivity index (χ4n) is 1.62. The van der Waals surface area contributed by atoms with Crippen LogP contribution in [0.1, 0.15) is 18.4 Å². The highest BCUT2D eigenvalue weighted by Crippen LogP contribution is 2.21. The monoisotopic (exact) mass is 280 g/mol. The number of esters is 1. The van der Waals surface area contributed by atoms with Crippen LogP contribution in [0.5, 0.6) is 0 Å². The Morgan fingerprint density at radius 1 is 1.58 bits per heavy atom. The molecule has 0 bridgehead atoms. The predicted octanol–water partition coefficient (Wildman–Crippen LogP) is 2.48. The van der Waals surface area contributed by atoms with Crippen LogP contribution in [0.15, 0.2) is 28.2 Å². The van der Waals surface area contributed by atoms with E-state index in [1.54, 1.807) is 13.2 Å². The molecule has 0 atom stereocenters. The molecule has 2 aromatic heterocycles. The van der Waals surface area contributed by atoms with Gasteiger partial charge >= 0.3 is 5.97 Å². The molecule has 0 aromatic carbocycles. The number of anilines is 1. The van der Waals surface area contributed by atoms with Crippen LogP contribution in [0.25, 0.3) is 0 Å². The Bertz CT molecular complexity index is 522. The van der Waals surface area contributed by atoms with Crippen LogP contribution >= 0.6 is 11.3 Å². The maximum atomic E-state index is 11.4. The standard InChI is InChI=1S/C13H16N2O3S/c1-3-17-12(16)7-10-9-19-13(14-10)15(2)8-11-5-4-6-18-11/h4-6,9H,3,7-8H2,1-2H3. The van der Waals surface area contributed by atoms with Crippen molar-refractivity contribution < 1.29 is 13.9 Å². The van der Waals surface area contributed by atoms with Gasteiger partial charge in [-0.2, -0.15) is 0 Å². The molecule has 0 aliphatic carbocycles. The number of ether oxygens (including phenoxy) is 1. The molecule has 2 rings (SSSR count). The second kappa shape index (κ2) is 6.38. The Labute approximate surface area is 115 Å². The molecule has 102 valence electrons. The molecular formula is C13H16N2O3S. The van der Waals surface area contributed by atoms with Gasteiger partial charge in [0, 0.05) is 12.4 Å². The molecule has 0 N–H and O–H groups in total. The minimum Gasteiger partial charge on any atom is -0.467 e. The van der Waals surface area contributed by atoms with Crippen molar-refractivity contribution in [1.82, 2.24) is 4.98 Å². The lowest BCUT2D eigenvalue weighted by atomic mass is 10.3. The normalized spacial score (nSPS) is 10.4. The van der Waals surface area contributed by atoms with Gasteiger partial charge in [0.05, 0.1) is 31.5 Å².